The van der Waals surface area contributed by atoms with E-state index in [1.54, 1.807) is 11.8 Å². The maximum Gasteiger partial charge on any atom is 0.189 e. The number of imidazole rings is 1. The van der Waals surface area contributed by atoms with Crippen LogP contribution in [-0.2, 0) is 17.1 Å². The molecule has 4 rings (SSSR count). The first-order chi connectivity index (χ1) is 11.8. The molecule has 1 N–H and O–H groups in total. The lowest BCUT2D eigenvalue weighted by atomic mass is 10.1. The van der Waals surface area contributed by atoms with E-state index in [9.17, 15) is 0 Å². The summed E-state index contributed by atoms with van der Waals surface area (Å²) < 4.78 is 11.0. The zero-order valence-electron chi connectivity index (χ0n) is 12.8. The minimum Gasteiger partial charge on any atom is -0.467 e. The van der Waals surface area contributed by atoms with E-state index in [2.05, 4.69) is 22.1 Å². The van der Waals surface area contributed by atoms with Gasteiger partial charge in [0.05, 0.1) is 18.5 Å². The molecule has 122 valence electrons. The van der Waals surface area contributed by atoms with Gasteiger partial charge in [0.1, 0.15) is 5.75 Å². The summed E-state index contributed by atoms with van der Waals surface area (Å²) >= 11 is 7.83. The number of thioether (sulfide) groups is 1. The zero-order valence-corrected chi connectivity index (χ0v) is 14.4. The van der Waals surface area contributed by atoms with Gasteiger partial charge in [-0.15, -0.1) is 0 Å². The summed E-state index contributed by atoms with van der Waals surface area (Å²) in [5.41, 5.74) is 4.19. The Hall–Kier alpha value is -1.95. The maximum absolute atomic E-state index is 6.20. The Morgan fingerprint density at radius 2 is 2.08 bits per heavy atom. The van der Waals surface area contributed by atoms with Crippen molar-refractivity contribution < 1.29 is 9.47 Å². The van der Waals surface area contributed by atoms with Gasteiger partial charge in [0, 0.05) is 21.9 Å². The predicted molar refractivity (Wildman–Crippen MR) is 95.3 cm³/mol. The summed E-state index contributed by atoms with van der Waals surface area (Å²) in [6.45, 7) is 0.817. The highest BCUT2D eigenvalue weighted by atomic mass is 35.5. The third kappa shape index (κ3) is 3.29. The molecule has 2 aromatic carbocycles. The molecule has 0 radical (unpaired) electrons. The molecule has 4 nitrogen and oxygen atoms in total. The summed E-state index contributed by atoms with van der Waals surface area (Å²) in [7, 11) is 0. The zero-order chi connectivity index (χ0) is 16.4. The lowest BCUT2D eigenvalue weighted by Gasteiger charge is -2.20. The van der Waals surface area contributed by atoms with Gasteiger partial charge in [-0.2, -0.15) is 0 Å². The van der Waals surface area contributed by atoms with Gasteiger partial charge in [-0.1, -0.05) is 53.7 Å². The second kappa shape index (κ2) is 6.89. The number of nitrogens with zero attached hydrogens (tertiary/aromatic N) is 1. The van der Waals surface area contributed by atoms with Gasteiger partial charge >= 0.3 is 0 Å². The Kier molecular flexibility index (Phi) is 4.47. The minimum absolute atomic E-state index is 0.283. The standard InChI is InChI=1S/C18H15ClN2O2S/c19-15-6-13-9-22-11-23-17(13)14(7-15)10-24-18-20-8-16(21-18)12-4-2-1-3-5-12/h1-8H,9-11H2,(H,20,21). The van der Waals surface area contributed by atoms with Crippen molar-refractivity contribution in [2.45, 2.75) is 17.5 Å². The molecule has 0 saturated heterocycles. The summed E-state index contributed by atoms with van der Waals surface area (Å²) in [6, 6.07) is 14.0. The number of fused-ring (bicyclic) bond motifs is 1. The van der Waals surface area contributed by atoms with Gasteiger partial charge < -0.3 is 14.5 Å². The van der Waals surface area contributed by atoms with E-state index in [-0.39, 0.29) is 6.79 Å². The van der Waals surface area contributed by atoms with Crippen LogP contribution in [0.4, 0.5) is 0 Å². The topological polar surface area (TPSA) is 47.1 Å². The molecule has 0 fully saturated rings. The van der Waals surface area contributed by atoms with Gasteiger partial charge in [0.25, 0.3) is 0 Å². The highest BCUT2D eigenvalue weighted by Gasteiger charge is 2.17. The molecule has 1 aliphatic heterocycles. The third-order valence-electron chi connectivity index (χ3n) is 3.75. The number of aromatic amines is 1. The molecule has 24 heavy (non-hydrogen) atoms. The number of hydrogen-bond acceptors (Lipinski definition) is 4. The van der Waals surface area contributed by atoms with E-state index in [0.717, 1.165) is 39.0 Å². The molecule has 0 bridgehead atoms. The Morgan fingerprint density at radius 3 is 2.96 bits per heavy atom. The fourth-order valence-corrected chi connectivity index (χ4v) is 3.73. The second-order valence-electron chi connectivity index (χ2n) is 5.42. The van der Waals surface area contributed by atoms with Crippen LogP contribution >= 0.6 is 23.4 Å². The molecule has 0 amide bonds. The fraction of sp³-hybridized carbons (Fsp3) is 0.167. The summed E-state index contributed by atoms with van der Waals surface area (Å²) in [5.74, 6) is 1.61. The van der Waals surface area contributed by atoms with E-state index in [1.165, 1.54) is 0 Å². The van der Waals surface area contributed by atoms with Crippen molar-refractivity contribution in [2.75, 3.05) is 6.79 Å². The number of aromatic nitrogens is 2. The van der Waals surface area contributed by atoms with Crippen molar-refractivity contribution in [3.8, 4) is 17.0 Å². The second-order valence-corrected chi connectivity index (χ2v) is 6.82. The van der Waals surface area contributed by atoms with Gasteiger partial charge in [-0.05, 0) is 17.7 Å². The number of halogens is 1. The number of rotatable bonds is 4. The number of benzene rings is 2. The van der Waals surface area contributed by atoms with Crippen LogP contribution in [0.3, 0.4) is 0 Å². The normalized spacial score (nSPS) is 13.4. The van der Waals surface area contributed by atoms with Gasteiger partial charge in [-0.25, -0.2) is 4.98 Å². The molecule has 2 heterocycles. The Balaban J connectivity index is 1.52. The molecule has 0 spiro atoms. The van der Waals surface area contributed by atoms with E-state index >= 15 is 0 Å². The van der Waals surface area contributed by atoms with Crippen molar-refractivity contribution >= 4 is 23.4 Å². The van der Waals surface area contributed by atoms with Crippen LogP contribution in [0.5, 0.6) is 5.75 Å². The predicted octanol–water partition coefficient (Wildman–Crippen LogP) is 4.89. The molecule has 0 atom stereocenters. The molecule has 0 unspecified atom stereocenters. The van der Waals surface area contributed by atoms with Crippen molar-refractivity contribution in [2.24, 2.45) is 0 Å². The Bertz CT molecular complexity index is 851. The van der Waals surface area contributed by atoms with Crippen LogP contribution in [0.15, 0.2) is 53.8 Å². The summed E-state index contributed by atoms with van der Waals surface area (Å²) in [6.07, 6.45) is 1.86. The first kappa shape index (κ1) is 15.6. The number of H-pyrrole nitrogens is 1. The van der Waals surface area contributed by atoms with Crippen LogP contribution in [0, 0.1) is 0 Å². The van der Waals surface area contributed by atoms with Gasteiger partial charge in [0.2, 0.25) is 0 Å². The van der Waals surface area contributed by atoms with Crippen LogP contribution in [0.1, 0.15) is 11.1 Å². The largest absolute Gasteiger partial charge is 0.467 e. The van der Waals surface area contributed by atoms with Crippen LogP contribution < -0.4 is 4.74 Å². The first-order valence-electron chi connectivity index (χ1n) is 7.54. The molecule has 0 aliphatic carbocycles. The molecular formula is C18H15ClN2O2S. The fourth-order valence-electron chi connectivity index (χ4n) is 2.65. The summed E-state index contributed by atoms with van der Waals surface area (Å²) in [5, 5.41) is 1.57. The molecule has 1 aromatic heterocycles. The highest BCUT2D eigenvalue weighted by Crippen LogP contribution is 2.35. The lowest BCUT2D eigenvalue weighted by Crippen LogP contribution is -2.12. The van der Waals surface area contributed by atoms with Gasteiger partial charge in [-0.3, -0.25) is 0 Å². The van der Waals surface area contributed by atoms with Crippen molar-refractivity contribution in [3.05, 3.63) is 64.8 Å². The number of ether oxygens (including phenoxy) is 2. The SMILES string of the molecule is Clc1cc2c(c(CSc3ncc(-c4ccccc4)[nH]3)c1)OCOC2. The maximum atomic E-state index is 6.20. The van der Waals surface area contributed by atoms with E-state index < -0.39 is 0 Å². The quantitative estimate of drug-likeness (QED) is 0.674. The third-order valence-corrected chi connectivity index (χ3v) is 4.91. The smallest absolute Gasteiger partial charge is 0.189 e. The average molecular weight is 359 g/mol. The number of nitrogens with one attached hydrogen (secondary N) is 1. The van der Waals surface area contributed by atoms with Crippen LogP contribution in [0.25, 0.3) is 11.3 Å². The van der Waals surface area contributed by atoms with Crippen LogP contribution in [-0.4, -0.2) is 16.8 Å². The molecule has 3 aromatic rings. The average Bonchev–Trinajstić information content (AvgIpc) is 3.09. The Labute approximate surface area is 149 Å². The minimum atomic E-state index is 0.283. The van der Waals surface area contributed by atoms with Gasteiger partial charge in [0.15, 0.2) is 11.9 Å². The van der Waals surface area contributed by atoms with E-state index in [1.807, 2.05) is 36.5 Å². The summed E-state index contributed by atoms with van der Waals surface area (Å²) in [4.78, 5) is 7.80. The van der Waals surface area contributed by atoms with Crippen LogP contribution in [0.2, 0.25) is 5.02 Å². The molecule has 6 heteroatoms. The first-order valence-corrected chi connectivity index (χ1v) is 8.91. The number of hydrogen-bond donors (Lipinski definition) is 1. The highest BCUT2D eigenvalue weighted by molar-refractivity contribution is 7.98. The lowest BCUT2D eigenvalue weighted by molar-refractivity contribution is -0.0168. The monoisotopic (exact) mass is 358 g/mol. The molecule has 0 saturated carbocycles. The van der Waals surface area contributed by atoms with Crippen molar-refractivity contribution in [1.29, 1.82) is 0 Å². The van der Waals surface area contributed by atoms with Crippen molar-refractivity contribution in [1.82, 2.24) is 9.97 Å². The Morgan fingerprint density at radius 1 is 1.21 bits per heavy atom. The molecular weight excluding hydrogens is 344 g/mol. The van der Waals surface area contributed by atoms with Crippen molar-refractivity contribution in [3.63, 3.8) is 0 Å². The molecule has 1 aliphatic rings. The van der Waals surface area contributed by atoms with E-state index in [4.69, 9.17) is 21.1 Å². The van der Waals surface area contributed by atoms with E-state index in [0.29, 0.717) is 11.6 Å².